The highest BCUT2D eigenvalue weighted by atomic mass is 16.5. The first-order chi connectivity index (χ1) is 7.79. The first-order valence-electron chi connectivity index (χ1n) is 6.37. The maximum atomic E-state index is 11.9. The van der Waals surface area contributed by atoms with E-state index in [1.165, 1.54) is 0 Å². The molecule has 1 saturated heterocycles. The second-order valence-corrected chi connectivity index (χ2v) is 4.23. The number of carbonyl (C=O) groups excluding carboxylic acids is 1. The van der Waals surface area contributed by atoms with Crippen LogP contribution in [0.4, 0.5) is 0 Å². The summed E-state index contributed by atoms with van der Waals surface area (Å²) in [4.78, 5) is 13.9. The lowest BCUT2D eigenvalue weighted by Gasteiger charge is -2.33. The molecule has 1 amide bonds. The quantitative estimate of drug-likeness (QED) is 0.690. The number of hydrogen-bond donors (Lipinski definition) is 1. The molecule has 0 bridgehead atoms. The lowest BCUT2D eigenvalue weighted by molar-refractivity contribution is -0.138. The Balaban J connectivity index is 2.35. The van der Waals surface area contributed by atoms with Gasteiger partial charge in [0.1, 0.15) is 6.61 Å². The molecule has 1 aliphatic rings. The van der Waals surface area contributed by atoms with E-state index < -0.39 is 0 Å². The van der Waals surface area contributed by atoms with E-state index in [0.717, 1.165) is 38.9 Å². The van der Waals surface area contributed by atoms with E-state index in [-0.39, 0.29) is 12.5 Å². The zero-order valence-corrected chi connectivity index (χ0v) is 10.5. The topological polar surface area (TPSA) is 41.6 Å². The molecule has 0 spiro atoms. The highest BCUT2D eigenvalue weighted by molar-refractivity contribution is 5.77. The minimum Gasteiger partial charge on any atom is -0.372 e. The van der Waals surface area contributed by atoms with Crippen molar-refractivity contribution in [2.24, 2.45) is 0 Å². The Kier molecular flexibility index (Phi) is 6.42. The van der Waals surface area contributed by atoms with Crippen LogP contribution < -0.4 is 5.32 Å². The zero-order chi connectivity index (χ0) is 11.8. The molecule has 0 saturated carbocycles. The van der Waals surface area contributed by atoms with Crippen LogP contribution in [0.5, 0.6) is 0 Å². The number of nitrogens with one attached hydrogen (secondary N) is 1. The molecular weight excluding hydrogens is 204 g/mol. The monoisotopic (exact) mass is 228 g/mol. The molecule has 0 aliphatic carbocycles. The molecule has 1 aliphatic heterocycles. The minimum atomic E-state index is 0.129. The van der Waals surface area contributed by atoms with E-state index in [4.69, 9.17) is 4.74 Å². The van der Waals surface area contributed by atoms with Gasteiger partial charge in [0.2, 0.25) is 5.91 Å². The van der Waals surface area contributed by atoms with Crippen LogP contribution in [-0.4, -0.2) is 49.7 Å². The van der Waals surface area contributed by atoms with Crippen LogP contribution in [0.2, 0.25) is 0 Å². The van der Waals surface area contributed by atoms with Crippen LogP contribution in [0.1, 0.15) is 33.1 Å². The first-order valence-corrected chi connectivity index (χ1v) is 6.37. The summed E-state index contributed by atoms with van der Waals surface area (Å²) in [5.41, 5.74) is 0. The van der Waals surface area contributed by atoms with Gasteiger partial charge < -0.3 is 15.0 Å². The molecule has 1 atom stereocenters. The van der Waals surface area contributed by atoms with Crippen LogP contribution in [-0.2, 0) is 9.53 Å². The molecule has 16 heavy (non-hydrogen) atoms. The van der Waals surface area contributed by atoms with Gasteiger partial charge in [-0.05, 0) is 32.7 Å². The Morgan fingerprint density at radius 1 is 1.50 bits per heavy atom. The third-order valence-corrected chi connectivity index (χ3v) is 2.95. The summed E-state index contributed by atoms with van der Waals surface area (Å²) in [5.74, 6) is 0.129. The van der Waals surface area contributed by atoms with Gasteiger partial charge in [-0.3, -0.25) is 4.79 Å². The SMILES string of the molecule is CCCOCC(=O)N(CC)C1CCCNC1. The number of amides is 1. The van der Waals surface area contributed by atoms with E-state index in [9.17, 15) is 4.79 Å². The third kappa shape index (κ3) is 4.10. The number of ether oxygens (including phenoxy) is 1. The van der Waals surface area contributed by atoms with Crippen LogP contribution in [0.15, 0.2) is 0 Å². The molecule has 1 fully saturated rings. The standard InChI is InChI=1S/C12H24N2O2/c1-3-8-16-10-12(15)14(4-2)11-6-5-7-13-9-11/h11,13H,3-10H2,1-2H3. The Bertz CT molecular complexity index is 203. The molecular formula is C12H24N2O2. The highest BCUT2D eigenvalue weighted by Crippen LogP contribution is 2.10. The molecule has 4 heteroatoms. The second kappa shape index (κ2) is 7.63. The van der Waals surface area contributed by atoms with E-state index in [0.29, 0.717) is 12.6 Å². The van der Waals surface area contributed by atoms with E-state index in [1.807, 2.05) is 18.7 Å². The van der Waals surface area contributed by atoms with Crippen molar-refractivity contribution in [3.8, 4) is 0 Å². The molecule has 0 radical (unpaired) electrons. The molecule has 0 aromatic heterocycles. The summed E-state index contributed by atoms with van der Waals surface area (Å²) in [6, 6.07) is 0.358. The Morgan fingerprint density at radius 3 is 2.88 bits per heavy atom. The lowest BCUT2D eigenvalue weighted by Crippen LogP contribution is -2.49. The molecule has 1 unspecified atom stereocenters. The summed E-state index contributed by atoms with van der Waals surface area (Å²) in [5, 5.41) is 3.34. The van der Waals surface area contributed by atoms with Gasteiger partial charge in [0, 0.05) is 25.7 Å². The molecule has 1 N–H and O–H groups in total. The van der Waals surface area contributed by atoms with Crippen molar-refractivity contribution in [1.82, 2.24) is 10.2 Å². The van der Waals surface area contributed by atoms with Gasteiger partial charge in [0.05, 0.1) is 0 Å². The number of likely N-dealkylation sites (N-methyl/N-ethyl adjacent to an activating group) is 1. The van der Waals surface area contributed by atoms with E-state index >= 15 is 0 Å². The predicted octanol–water partition coefficient (Wildman–Crippen LogP) is 1.01. The van der Waals surface area contributed by atoms with Crippen molar-refractivity contribution in [3.05, 3.63) is 0 Å². The smallest absolute Gasteiger partial charge is 0.248 e. The molecule has 94 valence electrons. The van der Waals surface area contributed by atoms with Gasteiger partial charge >= 0.3 is 0 Å². The van der Waals surface area contributed by atoms with Crippen LogP contribution in [0, 0.1) is 0 Å². The normalized spacial score (nSPS) is 20.8. The average molecular weight is 228 g/mol. The van der Waals surface area contributed by atoms with E-state index in [2.05, 4.69) is 5.32 Å². The molecule has 0 aromatic carbocycles. The van der Waals surface area contributed by atoms with Crippen molar-refractivity contribution in [1.29, 1.82) is 0 Å². The van der Waals surface area contributed by atoms with E-state index in [1.54, 1.807) is 0 Å². The van der Waals surface area contributed by atoms with Gasteiger partial charge in [-0.25, -0.2) is 0 Å². The van der Waals surface area contributed by atoms with Gasteiger partial charge in [0.25, 0.3) is 0 Å². The first kappa shape index (κ1) is 13.5. The Hall–Kier alpha value is -0.610. The number of rotatable bonds is 6. The van der Waals surface area contributed by atoms with Crippen molar-refractivity contribution < 1.29 is 9.53 Å². The van der Waals surface area contributed by atoms with Crippen molar-refractivity contribution >= 4 is 5.91 Å². The number of piperidine rings is 1. The minimum absolute atomic E-state index is 0.129. The molecule has 0 aromatic rings. The number of carbonyl (C=O) groups is 1. The maximum absolute atomic E-state index is 11.9. The third-order valence-electron chi connectivity index (χ3n) is 2.95. The largest absolute Gasteiger partial charge is 0.372 e. The lowest BCUT2D eigenvalue weighted by atomic mass is 10.1. The molecule has 1 heterocycles. The fraction of sp³-hybridized carbons (Fsp3) is 0.917. The number of hydrogen-bond acceptors (Lipinski definition) is 3. The average Bonchev–Trinajstić information content (AvgIpc) is 2.32. The summed E-state index contributed by atoms with van der Waals surface area (Å²) in [6.07, 6.45) is 3.23. The van der Waals surface area contributed by atoms with Crippen molar-refractivity contribution in [2.45, 2.75) is 39.2 Å². The van der Waals surface area contributed by atoms with Crippen molar-refractivity contribution in [3.63, 3.8) is 0 Å². The summed E-state index contributed by atoms with van der Waals surface area (Å²) >= 11 is 0. The van der Waals surface area contributed by atoms with Gasteiger partial charge in [-0.15, -0.1) is 0 Å². The fourth-order valence-corrected chi connectivity index (χ4v) is 2.12. The Labute approximate surface area is 98.3 Å². The summed E-state index contributed by atoms with van der Waals surface area (Å²) < 4.78 is 5.31. The molecule has 1 rings (SSSR count). The maximum Gasteiger partial charge on any atom is 0.248 e. The van der Waals surface area contributed by atoms with Crippen LogP contribution >= 0.6 is 0 Å². The van der Waals surface area contributed by atoms with Crippen molar-refractivity contribution in [2.75, 3.05) is 32.8 Å². The predicted molar refractivity (Wildman–Crippen MR) is 64.4 cm³/mol. The van der Waals surface area contributed by atoms with Gasteiger partial charge in [-0.2, -0.15) is 0 Å². The highest BCUT2D eigenvalue weighted by Gasteiger charge is 2.23. The van der Waals surface area contributed by atoms with Gasteiger partial charge in [0.15, 0.2) is 0 Å². The van der Waals surface area contributed by atoms with Crippen LogP contribution in [0.3, 0.4) is 0 Å². The number of nitrogens with zero attached hydrogens (tertiary/aromatic N) is 1. The Morgan fingerprint density at radius 2 is 2.31 bits per heavy atom. The van der Waals surface area contributed by atoms with Crippen LogP contribution in [0.25, 0.3) is 0 Å². The van der Waals surface area contributed by atoms with Gasteiger partial charge in [-0.1, -0.05) is 6.92 Å². The fourth-order valence-electron chi connectivity index (χ4n) is 2.12. The summed E-state index contributed by atoms with van der Waals surface area (Å²) in [6.45, 7) is 7.77. The second-order valence-electron chi connectivity index (χ2n) is 4.23. The summed E-state index contributed by atoms with van der Waals surface area (Å²) in [7, 11) is 0. The molecule has 4 nitrogen and oxygen atoms in total. The zero-order valence-electron chi connectivity index (χ0n) is 10.5.